The van der Waals surface area contributed by atoms with E-state index >= 15 is 0 Å². The lowest BCUT2D eigenvalue weighted by atomic mass is 10.0. The van der Waals surface area contributed by atoms with Gasteiger partial charge in [0.2, 0.25) is 0 Å². The molecule has 17 heavy (non-hydrogen) atoms. The number of carbonyl (C=O) groups excluding carboxylic acids is 1. The Bertz CT molecular complexity index is 335. The van der Waals surface area contributed by atoms with Gasteiger partial charge in [0.1, 0.15) is 5.54 Å². The van der Waals surface area contributed by atoms with Gasteiger partial charge in [0, 0.05) is 19.6 Å². The number of nitrogens with zero attached hydrogens (tertiary/aromatic N) is 2. The van der Waals surface area contributed by atoms with Gasteiger partial charge in [-0.15, -0.1) is 6.58 Å². The van der Waals surface area contributed by atoms with Crippen LogP contribution in [0, 0.1) is 0 Å². The van der Waals surface area contributed by atoms with Crippen molar-refractivity contribution in [1.82, 2.24) is 9.80 Å². The van der Waals surface area contributed by atoms with Crippen molar-refractivity contribution in [3.63, 3.8) is 0 Å². The second-order valence-electron chi connectivity index (χ2n) is 4.88. The molecule has 1 aliphatic carbocycles. The zero-order valence-electron chi connectivity index (χ0n) is 10.6. The molecule has 0 bridgehead atoms. The van der Waals surface area contributed by atoms with E-state index in [1.165, 1.54) is 25.8 Å². The zero-order chi connectivity index (χ0) is 13.2. The number of amides is 2. The van der Waals surface area contributed by atoms with Crippen molar-refractivity contribution >= 4 is 12.0 Å². The summed E-state index contributed by atoms with van der Waals surface area (Å²) in [6, 6.07) is -0.00709. The number of aliphatic carboxylic acids is 1. The van der Waals surface area contributed by atoms with E-state index < -0.39 is 11.5 Å². The Morgan fingerprint density at radius 1 is 1.47 bits per heavy atom. The van der Waals surface area contributed by atoms with Crippen LogP contribution in [0.3, 0.4) is 0 Å². The number of hydrogen-bond acceptors (Lipinski definition) is 2. The van der Waals surface area contributed by atoms with Crippen LogP contribution in [0.2, 0.25) is 0 Å². The predicted molar refractivity (Wildman–Crippen MR) is 64.8 cm³/mol. The number of carboxylic acids is 1. The quantitative estimate of drug-likeness (QED) is 0.742. The van der Waals surface area contributed by atoms with Gasteiger partial charge in [0.25, 0.3) is 0 Å². The molecule has 5 heteroatoms. The first-order valence-electron chi connectivity index (χ1n) is 5.71. The van der Waals surface area contributed by atoms with E-state index in [9.17, 15) is 9.59 Å². The van der Waals surface area contributed by atoms with Gasteiger partial charge in [-0.2, -0.15) is 0 Å². The van der Waals surface area contributed by atoms with E-state index in [0.29, 0.717) is 6.54 Å². The molecule has 5 nitrogen and oxygen atoms in total. The van der Waals surface area contributed by atoms with Gasteiger partial charge in [-0.25, -0.2) is 9.59 Å². The molecule has 0 unspecified atom stereocenters. The summed E-state index contributed by atoms with van der Waals surface area (Å²) in [6.45, 7) is 7.12. The van der Waals surface area contributed by atoms with E-state index in [-0.39, 0.29) is 12.1 Å². The standard InChI is InChI=1S/C12H20N2O3/c1-5-8-14(9-6-7-9)11(17)13(4)12(2,3)10(15)16/h5,9H,1,6-8H2,2-4H3,(H,15,16). The molecule has 1 fully saturated rings. The van der Waals surface area contributed by atoms with Crippen LogP contribution < -0.4 is 0 Å². The number of urea groups is 1. The van der Waals surface area contributed by atoms with Crippen LogP contribution in [0.15, 0.2) is 12.7 Å². The predicted octanol–water partition coefficient (Wildman–Crippen LogP) is 1.55. The fourth-order valence-corrected chi connectivity index (χ4v) is 1.48. The fourth-order valence-electron chi connectivity index (χ4n) is 1.48. The van der Waals surface area contributed by atoms with Crippen molar-refractivity contribution in [3.8, 4) is 0 Å². The molecular weight excluding hydrogens is 220 g/mol. The van der Waals surface area contributed by atoms with Crippen molar-refractivity contribution in [2.24, 2.45) is 0 Å². The number of hydrogen-bond donors (Lipinski definition) is 1. The Morgan fingerprint density at radius 3 is 2.35 bits per heavy atom. The van der Waals surface area contributed by atoms with Gasteiger partial charge in [-0.1, -0.05) is 6.08 Å². The molecule has 1 saturated carbocycles. The lowest BCUT2D eigenvalue weighted by Gasteiger charge is -2.35. The molecule has 0 aromatic heterocycles. The van der Waals surface area contributed by atoms with E-state index in [4.69, 9.17) is 5.11 Å². The third kappa shape index (κ3) is 2.78. The van der Waals surface area contributed by atoms with Gasteiger partial charge in [-0.3, -0.25) is 0 Å². The van der Waals surface area contributed by atoms with Crippen LogP contribution in [-0.4, -0.2) is 52.1 Å². The molecule has 1 aliphatic rings. The Balaban J connectivity index is 2.79. The first-order valence-corrected chi connectivity index (χ1v) is 5.71. The third-order valence-corrected chi connectivity index (χ3v) is 3.21. The monoisotopic (exact) mass is 240 g/mol. The minimum absolute atomic E-state index is 0.243. The minimum Gasteiger partial charge on any atom is -0.480 e. The van der Waals surface area contributed by atoms with Crippen LogP contribution in [0.4, 0.5) is 4.79 Å². The summed E-state index contributed by atoms with van der Waals surface area (Å²) in [5.74, 6) is -1.01. The average molecular weight is 240 g/mol. The molecule has 96 valence electrons. The Morgan fingerprint density at radius 2 is 2.00 bits per heavy atom. The zero-order valence-corrected chi connectivity index (χ0v) is 10.6. The molecule has 0 saturated heterocycles. The highest BCUT2D eigenvalue weighted by atomic mass is 16.4. The minimum atomic E-state index is -1.20. The molecule has 0 aromatic rings. The van der Waals surface area contributed by atoms with Gasteiger partial charge >= 0.3 is 12.0 Å². The lowest BCUT2D eigenvalue weighted by molar-refractivity contribution is -0.147. The molecule has 0 aromatic carbocycles. The van der Waals surface area contributed by atoms with Crippen molar-refractivity contribution < 1.29 is 14.7 Å². The number of likely N-dealkylation sites (N-methyl/N-ethyl adjacent to an activating group) is 1. The average Bonchev–Trinajstić information content (AvgIpc) is 3.07. The maximum atomic E-state index is 12.2. The van der Waals surface area contributed by atoms with Crippen molar-refractivity contribution in [2.45, 2.75) is 38.3 Å². The molecular formula is C12H20N2O3. The number of carboxylic acid groups (broad SMARTS) is 1. The topological polar surface area (TPSA) is 60.9 Å². The molecule has 0 atom stereocenters. The van der Waals surface area contributed by atoms with E-state index in [0.717, 1.165) is 12.8 Å². The number of rotatable bonds is 5. The largest absolute Gasteiger partial charge is 0.480 e. The summed E-state index contributed by atoms with van der Waals surface area (Å²) in [5.41, 5.74) is -1.20. The Labute approximate surface area is 102 Å². The maximum Gasteiger partial charge on any atom is 0.329 e. The van der Waals surface area contributed by atoms with Crippen LogP contribution in [0.5, 0.6) is 0 Å². The highest BCUT2D eigenvalue weighted by molar-refractivity contribution is 5.85. The van der Waals surface area contributed by atoms with Crippen LogP contribution in [0.1, 0.15) is 26.7 Å². The fraction of sp³-hybridized carbons (Fsp3) is 0.667. The van der Waals surface area contributed by atoms with Crippen LogP contribution in [0.25, 0.3) is 0 Å². The molecule has 0 heterocycles. The SMILES string of the molecule is C=CCN(C(=O)N(C)C(C)(C)C(=O)O)C1CC1. The van der Waals surface area contributed by atoms with E-state index in [2.05, 4.69) is 6.58 Å². The summed E-state index contributed by atoms with van der Waals surface area (Å²) >= 11 is 0. The summed E-state index contributed by atoms with van der Waals surface area (Å²) in [7, 11) is 1.52. The van der Waals surface area contributed by atoms with E-state index in [1.807, 2.05) is 0 Å². The molecule has 2 amide bonds. The molecule has 0 radical (unpaired) electrons. The van der Waals surface area contributed by atoms with Gasteiger partial charge in [0.05, 0.1) is 0 Å². The summed E-state index contributed by atoms with van der Waals surface area (Å²) in [5, 5.41) is 9.09. The summed E-state index contributed by atoms with van der Waals surface area (Å²) in [4.78, 5) is 26.3. The smallest absolute Gasteiger partial charge is 0.329 e. The normalized spacial score (nSPS) is 15.2. The second-order valence-corrected chi connectivity index (χ2v) is 4.88. The maximum absolute atomic E-state index is 12.2. The van der Waals surface area contributed by atoms with Crippen molar-refractivity contribution in [2.75, 3.05) is 13.6 Å². The van der Waals surface area contributed by atoms with E-state index in [1.54, 1.807) is 11.0 Å². The second kappa shape index (κ2) is 4.77. The van der Waals surface area contributed by atoms with Crippen molar-refractivity contribution in [1.29, 1.82) is 0 Å². The Kier molecular flexibility index (Phi) is 3.80. The van der Waals surface area contributed by atoms with Gasteiger partial charge in [0.15, 0.2) is 0 Å². The first kappa shape index (κ1) is 13.5. The highest BCUT2D eigenvalue weighted by Gasteiger charge is 2.40. The molecule has 1 N–H and O–H groups in total. The summed E-state index contributed by atoms with van der Waals surface area (Å²) in [6.07, 6.45) is 3.64. The van der Waals surface area contributed by atoms with Crippen LogP contribution >= 0.6 is 0 Å². The first-order chi connectivity index (χ1) is 7.82. The molecule has 0 aliphatic heterocycles. The van der Waals surface area contributed by atoms with Crippen molar-refractivity contribution in [3.05, 3.63) is 12.7 Å². The van der Waals surface area contributed by atoms with Crippen LogP contribution in [-0.2, 0) is 4.79 Å². The molecule has 0 spiro atoms. The number of carbonyl (C=O) groups is 2. The Hall–Kier alpha value is -1.52. The summed E-state index contributed by atoms with van der Waals surface area (Å²) < 4.78 is 0. The van der Waals surface area contributed by atoms with Gasteiger partial charge in [-0.05, 0) is 26.7 Å². The molecule has 1 rings (SSSR count). The third-order valence-electron chi connectivity index (χ3n) is 3.21. The van der Waals surface area contributed by atoms with Gasteiger partial charge < -0.3 is 14.9 Å². The highest BCUT2D eigenvalue weighted by Crippen LogP contribution is 2.28. The lowest BCUT2D eigenvalue weighted by Crippen LogP contribution is -2.55.